The Morgan fingerprint density at radius 1 is 0.560 bits per heavy atom. The summed E-state index contributed by atoms with van der Waals surface area (Å²) in [6.45, 7) is 4.63. The summed E-state index contributed by atoms with van der Waals surface area (Å²) in [6, 6.07) is 18.7. The van der Waals surface area contributed by atoms with Crippen LogP contribution in [-0.2, 0) is 0 Å². The standard InChI is InChI=1S/C24H34P/c1-3-5-7-13-19-25(20-14-8-6-4-2)23-17-11-9-15-21(23)22-16-10-12-18-24(22)25/h9-12,15-18H,3-8,13-14,19-20H2,1-2H3/q+1. The van der Waals surface area contributed by atoms with Gasteiger partial charge in [0.05, 0.1) is 19.6 Å². The monoisotopic (exact) mass is 353 g/mol. The van der Waals surface area contributed by atoms with Crippen LogP contribution < -0.4 is 10.6 Å². The molecular weight excluding hydrogens is 319 g/mol. The molecule has 25 heavy (non-hydrogen) atoms. The van der Waals surface area contributed by atoms with E-state index in [1.54, 1.807) is 10.6 Å². The molecule has 0 bridgehead atoms. The molecule has 0 amide bonds. The molecule has 0 atom stereocenters. The van der Waals surface area contributed by atoms with Crippen LogP contribution in [0, 0.1) is 0 Å². The summed E-state index contributed by atoms with van der Waals surface area (Å²) < 4.78 is 0. The molecule has 0 unspecified atom stereocenters. The van der Waals surface area contributed by atoms with Crippen molar-refractivity contribution in [3.8, 4) is 11.1 Å². The maximum atomic E-state index is 2.46. The second-order valence-corrected chi connectivity index (χ2v) is 11.4. The Balaban J connectivity index is 1.94. The van der Waals surface area contributed by atoms with Gasteiger partial charge in [-0.25, -0.2) is 0 Å². The topological polar surface area (TPSA) is 0 Å². The van der Waals surface area contributed by atoms with Crippen LogP contribution in [0.4, 0.5) is 0 Å². The molecule has 0 saturated heterocycles. The van der Waals surface area contributed by atoms with Gasteiger partial charge in [-0.2, -0.15) is 0 Å². The van der Waals surface area contributed by atoms with Crippen LogP contribution in [0.2, 0.25) is 0 Å². The highest BCUT2D eigenvalue weighted by Gasteiger charge is 2.49. The van der Waals surface area contributed by atoms with Crippen molar-refractivity contribution in [1.82, 2.24) is 0 Å². The second kappa shape index (κ2) is 9.00. The summed E-state index contributed by atoms with van der Waals surface area (Å²) in [5, 5.41) is 3.42. The van der Waals surface area contributed by atoms with Crippen LogP contribution in [0.3, 0.4) is 0 Å². The fourth-order valence-corrected chi connectivity index (χ4v) is 9.52. The predicted octanol–water partition coefficient (Wildman–Crippen LogP) is 6.80. The number of hydrogen-bond donors (Lipinski definition) is 0. The van der Waals surface area contributed by atoms with E-state index in [4.69, 9.17) is 0 Å². The maximum Gasteiger partial charge on any atom is 0.107 e. The molecule has 0 spiro atoms. The molecule has 1 heteroatoms. The molecule has 0 aliphatic carbocycles. The minimum atomic E-state index is -1.21. The Morgan fingerprint density at radius 3 is 1.44 bits per heavy atom. The third-order valence-electron chi connectivity index (χ3n) is 5.81. The Hall–Kier alpha value is -1.13. The van der Waals surface area contributed by atoms with Crippen LogP contribution in [0.5, 0.6) is 0 Å². The van der Waals surface area contributed by atoms with Gasteiger partial charge in [0.25, 0.3) is 0 Å². The third kappa shape index (κ3) is 3.85. The summed E-state index contributed by atoms with van der Waals surface area (Å²) in [7, 11) is -1.21. The van der Waals surface area contributed by atoms with Crippen LogP contribution >= 0.6 is 7.26 Å². The first-order valence-corrected chi connectivity index (χ1v) is 12.6. The lowest BCUT2D eigenvalue weighted by Gasteiger charge is -2.24. The van der Waals surface area contributed by atoms with Crippen LogP contribution in [0.25, 0.3) is 11.1 Å². The second-order valence-electron chi connectivity index (χ2n) is 7.57. The van der Waals surface area contributed by atoms with E-state index in [1.165, 1.54) is 74.8 Å². The van der Waals surface area contributed by atoms with Gasteiger partial charge in [0.15, 0.2) is 0 Å². The van der Waals surface area contributed by atoms with E-state index < -0.39 is 7.26 Å². The zero-order valence-electron chi connectivity index (χ0n) is 16.1. The van der Waals surface area contributed by atoms with Gasteiger partial charge in [0.2, 0.25) is 0 Å². The summed E-state index contributed by atoms with van der Waals surface area (Å²) in [6.07, 6.45) is 13.9. The molecular formula is C24H34P+. The molecule has 0 fully saturated rings. The quantitative estimate of drug-likeness (QED) is 0.325. The first-order valence-electron chi connectivity index (χ1n) is 10.4. The van der Waals surface area contributed by atoms with Crippen LogP contribution in [0.1, 0.15) is 65.2 Å². The number of benzene rings is 2. The van der Waals surface area contributed by atoms with E-state index in [1.807, 2.05) is 0 Å². The smallest absolute Gasteiger partial charge is 0.0654 e. The number of hydrogen-bond acceptors (Lipinski definition) is 0. The number of rotatable bonds is 10. The Morgan fingerprint density at radius 2 is 1.00 bits per heavy atom. The first kappa shape index (κ1) is 18.7. The molecule has 0 saturated carbocycles. The van der Waals surface area contributed by atoms with Gasteiger partial charge in [-0.3, -0.25) is 0 Å². The zero-order chi connectivity index (χ0) is 17.5. The minimum absolute atomic E-state index is 1.21. The zero-order valence-corrected chi connectivity index (χ0v) is 17.0. The van der Waals surface area contributed by atoms with Crippen LogP contribution in [0.15, 0.2) is 48.5 Å². The molecule has 1 aliphatic heterocycles. The first-order chi connectivity index (χ1) is 12.3. The van der Waals surface area contributed by atoms with Gasteiger partial charge in [-0.05, 0) is 37.8 Å². The molecule has 0 nitrogen and oxygen atoms in total. The summed E-state index contributed by atoms with van der Waals surface area (Å²) in [4.78, 5) is 0. The number of unbranched alkanes of at least 4 members (excludes halogenated alkanes) is 6. The van der Waals surface area contributed by atoms with E-state index in [2.05, 4.69) is 62.4 Å². The highest BCUT2D eigenvalue weighted by atomic mass is 31.2. The molecule has 0 N–H and O–H groups in total. The van der Waals surface area contributed by atoms with E-state index in [9.17, 15) is 0 Å². The molecule has 0 aromatic heterocycles. The van der Waals surface area contributed by atoms with Gasteiger partial charge in [0, 0.05) is 11.1 Å². The SMILES string of the molecule is CCCCCC[P+]1(CCCCCC)c2ccccc2-c2ccccc21. The van der Waals surface area contributed by atoms with Crippen molar-refractivity contribution in [1.29, 1.82) is 0 Å². The molecule has 2 aromatic carbocycles. The van der Waals surface area contributed by atoms with Crippen molar-refractivity contribution >= 4 is 17.9 Å². The van der Waals surface area contributed by atoms with Crippen molar-refractivity contribution in [3.05, 3.63) is 48.5 Å². The van der Waals surface area contributed by atoms with Crippen molar-refractivity contribution < 1.29 is 0 Å². The highest BCUT2D eigenvalue weighted by molar-refractivity contribution is 7.90. The third-order valence-corrected chi connectivity index (χ3v) is 10.6. The average Bonchev–Trinajstić information content (AvgIpc) is 2.94. The lowest BCUT2D eigenvalue weighted by molar-refractivity contribution is 0.695. The lowest BCUT2D eigenvalue weighted by Crippen LogP contribution is -2.23. The fourth-order valence-electron chi connectivity index (χ4n) is 4.49. The van der Waals surface area contributed by atoms with Gasteiger partial charge in [-0.1, -0.05) is 75.9 Å². The van der Waals surface area contributed by atoms with Gasteiger partial charge in [0.1, 0.15) is 10.6 Å². The molecule has 2 aromatic rings. The van der Waals surface area contributed by atoms with E-state index >= 15 is 0 Å². The maximum absolute atomic E-state index is 2.46. The Kier molecular flexibility index (Phi) is 6.71. The fraction of sp³-hybridized carbons (Fsp3) is 0.500. The van der Waals surface area contributed by atoms with Crippen molar-refractivity contribution in [2.45, 2.75) is 65.2 Å². The van der Waals surface area contributed by atoms with E-state index in [0.29, 0.717) is 0 Å². The van der Waals surface area contributed by atoms with Crippen molar-refractivity contribution in [2.24, 2.45) is 0 Å². The van der Waals surface area contributed by atoms with Crippen LogP contribution in [-0.4, -0.2) is 12.3 Å². The highest BCUT2D eigenvalue weighted by Crippen LogP contribution is 2.64. The Bertz CT molecular complexity index is 614. The minimum Gasteiger partial charge on any atom is -0.0654 e. The summed E-state index contributed by atoms with van der Waals surface area (Å²) in [5.41, 5.74) is 3.08. The largest absolute Gasteiger partial charge is 0.107 e. The molecule has 0 radical (unpaired) electrons. The van der Waals surface area contributed by atoms with E-state index in [0.717, 1.165) is 0 Å². The van der Waals surface area contributed by atoms with Gasteiger partial charge >= 0.3 is 0 Å². The number of fused-ring (bicyclic) bond motifs is 3. The molecule has 1 heterocycles. The normalized spacial score (nSPS) is 14.3. The lowest BCUT2D eigenvalue weighted by atomic mass is 10.1. The van der Waals surface area contributed by atoms with Gasteiger partial charge < -0.3 is 0 Å². The van der Waals surface area contributed by atoms with Gasteiger partial charge in [-0.15, -0.1) is 0 Å². The van der Waals surface area contributed by atoms with Crippen molar-refractivity contribution in [2.75, 3.05) is 12.3 Å². The summed E-state index contributed by atoms with van der Waals surface area (Å²) in [5.74, 6) is 0. The Labute approximate surface area is 155 Å². The molecule has 3 rings (SSSR count). The average molecular weight is 354 g/mol. The molecule has 1 aliphatic rings. The van der Waals surface area contributed by atoms with Crippen molar-refractivity contribution in [3.63, 3.8) is 0 Å². The van der Waals surface area contributed by atoms with E-state index in [-0.39, 0.29) is 0 Å². The molecule has 134 valence electrons. The summed E-state index contributed by atoms with van der Waals surface area (Å²) >= 11 is 0. The predicted molar refractivity (Wildman–Crippen MR) is 116 cm³/mol.